The summed E-state index contributed by atoms with van der Waals surface area (Å²) < 4.78 is 0. The second-order valence-electron chi connectivity index (χ2n) is 2.87. The van der Waals surface area contributed by atoms with Crippen LogP contribution in [0.1, 0.15) is 6.92 Å². The predicted molar refractivity (Wildman–Crippen MR) is 48.2 cm³/mol. The van der Waals surface area contributed by atoms with Crippen LogP contribution in [0, 0.1) is 5.92 Å². The van der Waals surface area contributed by atoms with Crippen LogP contribution in [0.15, 0.2) is 36.0 Å². The second kappa shape index (κ2) is 3.85. The van der Waals surface area contributed by atoms with Crippen LogP contribution in [0.2, 0.25) is 0 Å². The Hall–Kier alpha value is -1.64. The number of allylic oxidation sites excluding steroid dienone is 5. The van der Waals surface area contributed by atoms with Gasteiger partial charge in [-0.15, -0.1) is 0 Å². The van der Waals surface area contributed by atoms with Gasteiger partial charge < -0.3 is 5.11 Å². The lowest BCUT2D eigenvalue weighted by Gasteiger charge is -2.07. The molecule has 0 heterocycles. The minimum atomic E-state index is -1.03. The van der Waals surface area contributed by atoms with Gasteiger partial charge in [0, 0.05) is 6.08 Å². The van der Waals surface area contributed by atoms with Gasteiger partial charge in [-0.2, -0.15) is 0 Å². The highest BCUT2D eigenvalue weighted by Crippen LogP contribution is 2.13. The fraction of sp³-hybridized carbons (Fsp3) is 0.200. The van der Waals surface area contributed by atoms with Crippen LogP contribution in [-0.2, 0) is 9.59 Å². The maximum atomic E-state index is 11.2. The van der Waals surface area contributed by atoms with E-state index in [1.165, 1.54) is 12.2 Å². The molecule has 1 atom stereocenters. The molecule has 13 heavy (non-hydrogen) atoms. The van der Waals surface area contributed by atoms with Gasteiger partial charge in [0.1, 0.15) is 0 Å². The molecule has 1 N–H and O–H groups in total. The minimum absolute atomic E-state index is 0.0718. The fourth-order valence-electron chi connectivity index (χ4n) is 1.06. The van der Waals surface area contributed by atoms with E-state index in [0.29, 0.717) is 0 Å². The average Bonchev–Trinajstić information content (AvgIpc) is 2.02. The van der Waals surface area contributed by atoms with Gasteiger partial charge in [0.05, 0.1) is 5.92 Å². The first-order valence-corrected chi connectivity index (χ1v) is 3.91. The zero-order chi connectivity index (χ0) is 9.84. The van der Waals surface area contributed by atoms with Gasteiger partial charge in [-0.25, -0.2) is 4.79 Å². The van der Waals surface area contributed by atoms with Gasteiger partial charge in [-0.1, -0.05) is 18.2 Å². The molecule has 0 aliphatic heterocycles. The van der Waals surface area contributed by atoms with Crippen molar-refractivity contribution in [1.82, 2.24) is 0 Å². The summed E-state index contributed by atoms with van der Waals surface area (Å²) in [6, 6.07) is 0. The summed E-state index contributed by atoms with van der Waals surface area (Å²) in [5, 5.41) is 8.34. The zero-order valence-electron chi connectivity index (χ0n) is 7.23. The Kier molecular flexibility index (Phi) is 2.80. The van der Waals surface area contributed by atoms with E-state index in [2.05, 4.69) is 0 Å². The van der Waals surface area contributed by atoms with Crippen molar-refractivity contribution in [3.05, 3.63) is 36.0 Å². The normalized spacial score (nSPS) is 22.1. The molecule has 1 rings (SSSR count). The van der Waals surface area contributed by atoms with E-state index in [9.17, 15) is 9.59 Å². The van der Waals surface area contributed by atoms with E-state index in [1.807, 2.05) is 6.92 Å². The number of carboxylic acids is 1. The first-order chi connectivity index (χ1) is 6.09. The maximum absolute atomic E-state index is 11.2. The minimum Gasteiger partial charge on any atom is -0.478 e. The number of carbonyl (C=O) groups is 2. The Bertz CT molecular complexity index is 321. The molecule has 0 aromatic rings. The highest BCUT2D eigenvalue weighted by atomic mass is 16.4. The van der Waals surface area contributed by atoms with Crippen LogP contribution >= 0.6 is 0 Å². The van der Waals surface area contributed by atoms with Crippen molar-refractivity contribution >= 4 is 11.8 Å². The monoisotopic (exact) mass is 178 g/mol. The molecule has 0 aromatic heterocycles. The van der Waals surface area contributed by atoms with Crippen LogP contribution < -0.4 is 0 Å². The number of aliphatic carboxylic acids is 1. The SMILES string of the molecule is CC1=CC(=O)C(C=CC(=O)O)C=C1. The molecule has 0 aromatic carbocycles. The molecular formula is C10H10O3. The molecule has 0 radical (unpaired) electrons. The van der Waals surface area contributed by atoms with Crippen LogP contribution in [0.4, 0.5) is 0 Å². The van der Waals surface area contributed by atoms with Crippen LogP contribution in [0.5, 0.6) is 0 Å². The number of rotatable bonds is 2. The number of carboxylic acid groups (broad SMARTS) is 1. The lowest BCUT2D eigenvalue weighted by Crippen LogP contribution is -2.10. The number of ketones is 1. The van der Waals surface area contributed by atoms with Crippen molar-refractivity contribution in [2.24, 2.45) is 5.92 Å². The molecule has 0 saturated heterocycles. The van der Waals surface area contributed by atoms with E-state index >= 15 is 0 Å². The summed E-state index contributed by atoms with van der Waals surface area (Å²) in [7, 11) is 0. The molecule has 0 bridgehead atoms. The van der Waals surface area contributed by atoms with E-state index in [4.69, 9.17) is 5.11 Å². The molecule has 1 aliphatic rings. The largest absolute Gasteiger partial charge is 0.478 e. The maximum Gasteiger partial charge on any atom is 0.328 e. The van der Waals surface area contributed by atoms with Crippen molar-refractivity contribution in [3.63, 3.8) is 0 Å². The van der Waals surface area contributed by atoms with Crippen molar-refractivity contribution in [2.45, 2.75) is 6.92 Å². The highest BCUT2D eigenvalue weighted by Gasteiger charge is 2.13. The van der Waals surface area contributed by atoms with Crippen molar-refractivity contribution in [3.8, 4) is 0 Å². The standard InChI is InChI=1S/C10H10O3/c1-7-2-3-8(9(11)6-7)4-5-10(12)13/h2-6,8H,1H3,(H,12,13). The molecule has 1 unspecified atom stereocenters. The van der Waals surface area contributed by atoms with Gasteiger partial charge in [0.25, 0.3) is 0 Å². The summed E-state index contributed by atoms with van der Waals surface area (Å²) in [6.07, 6.45) is 7.37. The van der Waals surface area contributed by atoms with Gasteiger partial charge in [0.15, 0.2) is 5.78 Å². The Labute approximate surface area is 76.1 Å². The molecule has 1 aliphatic carbocycles. The zero-order valence-corrected chi connectivity index (χ0v) is 7.23. The summed E-state index contributed by atoms with van der Waals surface area (Å²) in [4.78, 5) is 21.4. The average molecular weight is 178 g/mol. The summed E-state index contributed by atoms with van der Waals surface area (Å²) >= 11 is 0. The van der Waals surface area contributed by atoms with Crippen molar-refractivity contribution in [2.75, 3.05) is 0 Å². The van der Waals surface area contributed by atoms with Gasteiger partial charge in [-0.05, 0) is 18.6 Å². The quantitative estimate of drug-likeness (QED) is 0.649. The Balaban J connectivity index is 2.71. The van der Waals surface area contributed by atoms with Gasteiger partial charge >= 0.3 is 5.97 Å². The summed E-state index contributed by atoms with van der Waals surface area (Å²) in [5.41, 5.74) is 0.893. The predicted octanol–water partition coefficient (Wildman–Crippen LogP) is 1.33. The highest BCUT2D eigenvalue weighted by molar-refractivity contribution is 5.97. The fourth-order valence-corrected chi connectivity index (χ4v) is 1.06. The van der Waals surface area contributed by atoms with Gasteiger partial charge in [0.2, 0.25) is 0 Å². The topological polar surface area (TPSA) is 54.4 Å². The molecule has 0 spiro atoms. The van der Waals surface area contributed by atoms with Crippen LogP contribution in [0.3, 0.4) is 0 Å². The third kappa shape index (κ3) is 2.71. The summed E-state index contributed by atoms with van der Waals surface area (Å²) in [5.74, 6) is -1.52. The first kappa shape index (κ1) is 9.45. The lowest BCUT2D eigenvalue weighted by atomic mass is 9.96. The molecular weight excluding hydrogens is 168 g/mol. The van der Waals surface area contributed by atoms with E-state index in [-0.39, 0.29) is 5.78 Å². The lowest BCUT2D eigenvalue weighted by molar-refractivity contribution is -0.131. The number of hydrogen-bond donors (Lipinski definition) is 1. The first-order valence-electron chi connectivity index (χ1n) is 3.91. The molecule has 3 nitrogen and oxygen atoms in total. The third-order valence-corrected chi connectivity index (χ3v) is 1.71. The molecule has 68 valence electrons. The molecule has 3 heteroatoms. The number of carbonyl (C=O) groups excluding carboxylic acids is 1. The van der Waals surface area contributed by atoms with E-state index in [1.54, 1.807) is 12.2 Å². The third-order valence-electron chi connectivity index (χ3n) is 1.71. The number of hydrogen-bond acceptors (Lipinski definition) is 2. The molecule has 0 amide bonds. The smallest absolute Gasteiger partial charge is 0.328 e. The molecule has 0 saturated carbocycles. The van der Waals surface area contributed by atoms with E-state index in [0.717, 1.165) is 11.6 Å². The van der Waals surface area contributed by atoms with Crippen molar-refractivity contribution < 1.29 is 14.7 Å². The second-order valence-corrected chi connectivity index (χ2v) is 2.87. The Morgan fingerprint density at radius 2 is 2.31 bits per heavy atom. The molecule has 0 fully saturated rings. The van der Waals surface area contributed by atoms with E-state index < -0.39 is 11.9 Å². The Morgan fingerprint density at radius 3 is 2.85 bits per heavy atom. The van der Waals surface area contributed by atoms with Crippen LogP contribution in [-0.4, -0.2) is 16.9 Å². The Morgan fingerprint density at radius 1 is 1.62 bits per heavy atom. The van der Waals surface area contributed by atoms with Gasteiger partial charge in [-0.3, -0.25) is 4.79 Å². The van der Waals surface area contributed by atoms with Crippen molar-refractivity contribution in [1.29, 1.82) is 0 Å². The summed E-state index contributed by atoms with van der Waals surface area (Å²) in [6.45, 7) is 1.82. The van der Waals surface area contributed by atoms with Crippen LogP contribution in [0.25, 0.3) is 0 Å².